The molecule has 0 aromatic carbocycles. The minimum absolute atomic E-state index is 0.0194. The Hall–Kier alpha value is -2.02. The highest BCUT2D eigenvalue weighted by molar-refractivity contribution is 7.03. The summed E-state index contributed by atoms with van der Waals surface area (Å²) in [5.74, 6) is -1.03. The molecule has 2 aromatic rings. The van der Waals surface area contributed by atoms with E-state index in [0.29, 0.717) is 0 Å². The van der Waals surface area contributed by atoms with Crippen molar-refractivity contribution in [3.8, 4) is 0 Å². The van der Waals surface area contributed by atoms with Gasteiger partial charge in [0, 0.05) is 5.38 Å². The monoisotopic (exact) mass is 238 g/mol. The molecule has 0 spiro atoms. The molecule has 0 amide bonds. The zero-order valence-electron chi connectivity index (χ0n) is 8.17. The zero-order valence-corrected chi connectivity index (χ0v) is 8.98. The van der Waals surface area contributed by atoms with Crippen LogP contribution in [0.3, 0.4) is 0 Å². The predicted molar refractivity (Wildman–Crippen MR) is 53.4 cm³/mol. The van der Waals surface area contributed by atoms with Gasteiger partial charge in [-0.1, -0.05) is 4.49 Å². The van der Waals surface area contributed by atoms with Crippen molar-refractivity contribution in [3.05, 3.63) is 34.7 Å². The summed E-state index contributed by atoms with van der Waals surface area (Å²) in [4.78, 5) is 22.8. The largest absolute Gasteiger partial charge is 0.463 e. The molecule has 6 nitrogen and oxygen atoms in total. The van der Waals surface area contributed by atoms with Gasteiger partial charge in [-0.3, -0.25) is 4.79 Å². The number of ether oxygens (including phenoxy) is 1. The summed E-state index contributed by atoms with van der Waals surface area (Å²) in [7, 11) is 1.23. The quantitative estimate of drug-likeness (QED) is 0.589. The van der Waals surface area contributed by atoms with Crippen LogP contribution in [0.4, 0.5) is 0 Å². The van der Waals surface area contributed by atoms with Gasteiger partial charge < -0.3 is 9.15 Å². The van der Waals surface area contributed by atoms with Crippen LogP contribution in [-0.2, 0) is 4.74 Å². The Morgan fingerprint density at radius 1 is 1.38 bits per heavy atom. The molecule has 0 bridgehead atoms. The highest BCUT2D eigenvalue weighted by atomic mass is 32.1. The van der Waals surface area contributed by atoms with Crippen molar-refractivity contribution in [3.63, 3.8) is 0 Å². The van der Waals surface area contributed by atoms with Crippen LogP contribution in [0.2, 0.25) is 0 Å². The number of nitrogens with zero attached hydrogens (tertiary/aromatic N) is 2. The standard InChI is InChI=1S/C9H6N2O4S/c1-14-9(13)7-3-2-6(15-7)8(12)5-4-16-11-10-5/h2-4H,1H3. The molecule has 0 atom stereocenters. The Labute approximate surface area is 94.0 Å². The second kappa shape index (κ2) is 4.23. The van der Waals surface area contributed by atoms with E-state index in [0.717, 1.165) is 11.5 Å². The van der Waals surface area contributed by atoms with Crippen molar-refractivity contribution in [1.29, 1.82) is 0 Å². The first kappa shape index (κ1) is 10.5. The maximum Gasteiger partial charge on any atom is 0.373 e. The summed E-state index contributed by atoms with van der Waals surface area (Å²) >= 11 is 1.06. The summed E-state index contributed by atoms with van der Waals surface area (Å²) in [6, 6.07) is 2.77. The van der Waals surface area contributed by atoms with Gasteiger partial charge in [-0.2, -0.15) is 0 Å². The lowest BCUT2D eigenvalue weighted by molar-refractivity contribution is 0.0563. The molecule has 2 rings (SSSR count). The summed E-state index contributed by atoms with van der Waals surface area (Å²) in [5, 5.41) is 5.11. The fourth-order valence-corrected chi connectivity index (χ4v) is 1.50. The highest BCUT2D eigenvalue weighted by Crippen LogP contribution is 2.13. The van der Waals surface area contributed by atoms with Crippen LogP contribution in [-0.4, -0.2) is 28.4 Å². The fraction of sp³-hybridized carbons (Fsp3) is 0.111. The summed E-state index contributed by atoms with van der Waals surface area (Å²) < 4.78 is 13.0. The van der Waals surface area contributed by atoms with Gasteiger partial charge in [-0.15, -0.1) is 5.10 Å². The number of carbonyl (C=O) groups is 2. The first-order valence-corrected chi connectivity index (χ1v) is 5.06. The van der Waals surface area contributed by atoms with Gasteiger partial charge in [-0.25, -0.2) is 4.79 Å². The lowest BCUT2D eigenvalue weighted by Gasteiger charge is -1.93. The first-order valence-electron chi connectivity index (χ1n) is 4.22. The molecule has 0 aliphatic carbocycles. The van der Waals surface area contributed by atoms with Crippen LogP contribution in [0, 0.1) is 0 Å². The average molecular weight is 238 g/mol. The van der Waals surface area contributed by atoms with Crippen LogP contribution in [0.5, 0.6) is 0 Å². The molecule has 0 N–H and O–H groups in total. The molecule has 0 aliphatic heterocycles. The fourth-order valence-electron chi connectivity index (χ4n) is 1.06. The lowest BCUT2D eigenvalue weighted by atomic mass is 10.2. The summed E-state index contributed by atoms with van der Waals surface area (Å²) in [6.07, 6.45) is 0. The van der Waals surface area contributed by atoms with E-state index >= 15 is 0 Å². The van der Waals surface area contributed by atoms with Gasteiger partial charge in [0.1, 0.15) is 5.69 Å². The number of aromatic nitrogens is 2. The number of furan rings is 1. The van der Waals surface area contributed by atoms with Crippen molar-refractivity contribution in [2.24, 2.45) is 0 Å². The van der Waals surface area contributed by atoms with E-state index in [1.807, 2.05) is 0 Å². The highest BCUT2D eigenvalue weighted by Gasteiger charge is 2.18. The van der Waals surface area contributed by atoms with E-state index in [1.54, 1.807) is 0 Å². The molecular formula is C9H6N2O4S. The summed E-state index contributed by atoms with van der Waals surface area (Å²) in [6.45, 7) is 0. The molecule has 82 valence electrons. The molecule has 0 fully saturated rings. The van der Waals surface area contributed by atoms with Crippen molar-refractivity contribution >= 4 is 23.3 Å². The van der Waals surface area contributed by atoms with Gasteiger partial charge in [0.15, 0.2) is 5.76 Å². The molecule has 16 heavy (non-hydrogen) atoms. The van der Waals surface area contributed by atoms with Crippen LogP contribution in [0.1, 0.15) is 26.8 Å². The van der Waals surface area contributed by atoms with E-state index < -0.39 is 11.8 Å². The van der Waals surface area contributed by atoms with Gasteiger partial charge in [0.2, 0.25) is 11.5 Å². The Morgan fingerprint density at radius 3 is 2.75 bits per heavy atom. The number of ketones is 1. The van der Waals surface area contributed by atoms with Gasteiger partial charge in [0.05, 0.1) is 7.11 Å². The Balaban J connectivity index is 2.26. The van der Waals surface area contributed by atoms with Crippen LogP contribution in [0.15, 0.2) is 21.9 Å². The SMILES string of the molecule is COC(=O)c1ccc(C(=O)c2csnn2)o1. The Kier molecular flexibility index (Phi) is 2.78. The van der Waals surface area contributed by atoms with Crippen LogP contribution >= 0.6 is 11.5 Å². The third-order valence-electron chi connectivity index (χ3n) is 1.81. The number of carbonyl (C=O) groups excluding carboxylic acids is 2. The van der Waals surface area contributed by atoms with Crippen molar-refractivity contribution in [1.82, 2.24) is 9.59 Å². The first-order chi connectivity index (χ1) is 7.72. The number of esters is 1. The normalized spacial score (nSPS) is 10.1. The molecule has 2 aromatic heterocycles. The van der Waals surface area contributed by atoms with Gasteiger partial charge >= 0.3 is 5.97 Å². The molecular weight excluding hydrogens is 232 g/mol. The molecule has 0 radical (unpaired) electrons. The smallest absolute Gasteiger partial charge is 0.373 e. The molecule has 0 saturated heterocycles. The molecule has 0 aliphatic rings. The lowest BCUT2D eigenvalue weighted by Crippen LogP contribution is -2.01. The van der Waals surface area contributed by atoms with Crippen molar-refractivity contribution in [2.45, 2.75) is 0 Å². The third kappa shape index (κ3) is 1.84. The minimum Gasteiger partial charge on any atom is -0.463 e. The second-order valence-corrected chi connectivity index (χ2v) is 3.38. The maximum absolute atomic E-state index is 11.7. The second-order valence-electron chi connectivity index (χ2n) is 2.77. The summed E-state index contributed by atoms with van der Waals surface area (Å²) in [5.41, 5.74) is 0.191. The average Bonchev–Trinajstić information content (AvgIpc) is 2.97. The van der Waals surface area contributed by atoms with E-state index in [1.165, 1.54) is 24.6 Å². The molecule has 0 unspecified atom stereocenters. The van der Waals surface area contributed by atoms with E-state index in [-0.39, 0.29) is 17.2 Å². The molecule has 7 heteroatoms. The van der Waals surface area contributed by atoms with Gasteiger partial charge in [0.25, 0.3) is 0 Å². The van der Waals surface area contributed by atoms with Crippen LogP contribution in [0.25, 0.3) is 0 Å². The van der Waals surface area contributed by atoms with E-state index in [4.69, 9.17) is 4.42 Å². The molecule has 2 heterocycles. The van der Waals surface area contributed by atoms with E-state index in [9.17, 15) is 9.59 Å². The topological polar surface area (TPSA) is 82.3 Å². The number of methoxy groups -OCH3 is 1. The van der Waals surface area contributed by atoms with E-state index in [2.05, 4.69) is 14.3 Å². The number of hydrogen-bond donors (Lipinski definition) is 0. The van der Waals surface area contributed by atoms with Crippen molar-refractivity contribution in [2.75, 3.05) is 7.11 Å². The zero-order chi connectivity index (χ0) is 11.5. The number of rotatable bonds is 3. The molecule has 0 saturated carbocycles. The Bertz CT molecular complexity index is 517. The number of hydrogen-bond acceptors (Lipinski definition) is 7. The predicted octanol–water partition coefficient (Wildman–Crippen LogP) is 1.15. The Morgan fingerprint density at radius 2 is 2.12 bits per heavy atom. The third-order valence-corrected chi connectivity index (χ3v) is 2.31. The maximum atomic E-state index is 11.7. The van der Waals surface area contributed by atoms with Crippen LogP contribution < -0.4 is 0 Å². The van der Waals surface area contributed by atoms with Gasteiger partial charge in [-0.05, 0) is 23.7 Å². The van der Waals surface area contributed by atoms with Crippen molar-refractivity contribution < 1.29 is 18.7 Å². The minimum atomic E-state index is -0.629.